The molecule has 1 rings (SSSR count). The van der Waals surface area contributed by atoms with Crippen LogP contribution in [0.3, 0.4) is 0 Å². The van der Waals surface area contributed by atoms with E-state index in [1.807, 2.05) is 0 Å². The molecule has 1 saturated carbocycles. The lowest BCUT2D eigenvalue weighted by molar-refractivity contribution is -0.138. The lowest BCUT2D eigenvalue weighted by atomic mass is 10.2. The molecule has 1 N–H and O–H groups in total. The molecule has 0 aliphatic heterocycles. The van der Waals surface area contributed by atoms with Gasteiger partial charge in [0.25, 0.3) is 0 Å². The number of aliphatic carboxylic acids is 1. The van der Waals surface area contributed by atoms with Gasteiger partial charge in [0.2, 0.25) is 0 Å². The van der Waals surface area contributed by atoms with Crippen LogP contribution in [0, 0.1) is 11.8 Å². The van der Waals surface area contributed by atoms with E-state index < -0.39 is 5.97 Å². The van der Waals surface area contributed by atoms with E-state index in [4.69, 9.17) is 5.11 Å². The van der Waals surface area contributed by atoms with E-state index >= 15 is 0 Å². The average Bonchev–Trinajstić information content (AvgIpc) is 2.83. The van der Waals surface area contributed by atoms with Crippen molar-refractivity contribution in [3.05, 3.63) is 12.2 Å². The topological polar surface area (TPSA) is 37.3 Å². The summed E-state index contributed by atoms with van der Waals surface area (Å²) in [5.74, 6) is -0.384. The predicted molar refractivity (Wildman–Crippen MR) is 52.5 cm³/mol. The number of carboxylic acids is 1. The van der Waals surface area contributed by atoms with Gasteiger partial charge in [0.15, 0.2) is 0 Å². The van der Waals surface area contributed by atoms with E-state index in [9.17, 15) is 4.79 Å². The van der Waals surface area contributed by atoms with Crippen molar-refractivity contribution in [3.8, 4) is 0 Å². The minimum absolute atomic E-state index is 0.0811. The van der Waals surface area contributed by atoms with E-state index in [0.29, 0.717) is 5.92 Å². The third kappa shape index (κ3) is 3.62. The van der Waals surface area contributed by atoms with Gasteiger partial charge < -0.3 is 5.11 Å². The van der Waals surface area contributed by atoms with E-state index in [0.717, 1.165) is 12.8 Å². The second kappa shape index (κ2) is 5.05. The molecule has 2 atom stereocenters. The highest BCUT2D eigenvalue weighted by Crippen LogP contribution is 2.39. The summed E-state index contributed by atoms with van der Waals surface area (Å²) in [7, 11) is 0. The van der Waals surface area contributed by atoms with Crippen molar-refractivity contribution in [3.63, 3.8) is 0 Å². The Labute approximate surface area is 79.6 Å². The molecule has 0 saturated heterocycles. The first-order valence-electron chi connectivity index (χ1n) is 5.15. The fourth-order valence-corrected chi connectivity index (χ4v) is 1.49. The number of hydrogen-bond donors (Lipinski definition) is 1. The molecule has 0 heterocycles. The zero-order valence-electron chi connectivity index (χ0n) is 8.20. The summed E-state index contributed by atoms with van der Waals surface area (Å²) in [5, 5.41) is 8.63. The molecule has 2 heteroatoms. The minimum Gasteiger partial charge on any atom is -0.481 e. The Morgan fingerprint density at radius 2 is 2.31 bits per heavy atom. The van der Waals surface area contributed by atoms with E-state index in [2.05, 4.69) is 19.1 Å². The Morgan fingerprint density at radius 3 is 2.85 bits per heavy atom. The van der Waals surface area contributed by atoms with Crippen LogP contribution in [0.5, 0.6) is 0 Å². The van der Waals surface area contributed by atoms with Gasteiger partial charge >= 0.3 is 5.97 Å². The molecule has 1 aliphatic rings. The van der Waals surface area contributed by atoms with E-state index in [-0.39, 0.29) is 5.92 Å². The molecule has 0 radical (unpaired) electrons. The van der Waals surface area contributed by atoms with Gasteiger partial charge in [-0.15, -0.1) is 0 Å². The Morgan fingerprint density at radius 1 is 1.54 bits per heavy atom. The smallest absolute Gasteiger partial charge is 0.307 e. The first kappa shape index (κ1) is 10.3. The average molecular weight is 182 g/mol. The van der Waals surface area contributed by atoms with E-state index in [1.165, 1.54) is 19.3 Å². The number of hydrogen-bond acceptors (Lipinski definition) is 1. The van der Waals surface area contributed by atoms with Crippen molar-refractivity contribution >= 4 is 5.97 Å². The maximum atomic E-state index is 10.5. The highest BCUT2D eigenvalue weighted by Gasteiger charge is 2.40. The monoisotopic (exact) mass is 182 g/mol. The molecule has 0 aromatic heterocycles. The molecule has 0 unspecified atom stereocenters. The highest BCUT2D eigenvalue weighted by molar-refractivity contribution is 5.73. The summed E-state index contributed by atoms with van der Waals surface area (Å²) in [6.45, 7) is 2.19. The van der Waals surface area contributed by atoms with Crippen LogP contribution >= 0.6 is 0 Å². The molecule has 0 bridgehead atoms. The van der Waals surface area contributed by atoms with Crippen LogP contribution in [-0.4, -0.2) is 11.1 Å². The van der Waals surface area contributed by atoms with Crippen molar-refractivity contribution < 1.29 is 9.90 Å². The van der Waals surface area contributed by atoms with E-state index in [1.54, 1.807) is 0 Å². The predicted octanol–water partition coefficient (Wildman–Crippen LogP) is 2.84. The summed E-state index contributed by atoms with van der Waals surface area (Å²) in [6, 6.07) is 0. The van der Waals surface area contributed by atoms with Crippen LogP contribution in [-0.2, 0) is 4.79 Å². The Balaban J connectivity index is 2.03. The largest absolute Gasteiger partial charge is 0.481 e. The molecule has 2 nitrogen and oxygen atoms in total. The Bertz CT molecular complexity index is 196. The van der Waals surface area contributed by atoms with Gasteiger partial charge in [-0.1, -0.05) is 31.9 Å². The summed E-state index contributed by atoms with van der Waals surface area (Å²) in [4.78, 5) is 10.5. The fourth-order valence-electron chi connectivity index (χ4n) is 1.49. The van der Waals surface area contributed by atoms with Gasteiger partial charge in [-0.2, -0.15) is 0 Å². The highest BCUT2D eigenvalue weighted by atomic mass is 16.4. The quantitative estimate of drug-likeness (QED) is 0.506. The van der Waals surface area contributed by atoms with Crippen LogP contribution in [0.25, 0.3) is 0 Å². The van der Waals surface area contributed by atoms with Crippen LogP contribution in [0.15, 0.2) is 12.2 Å². The normalized spacial score (nSPS) is 26.5. The molecule has 0 aromatic rings. The lowest BCUT2D eigenvalue weighted by Gasteiger charge is -1.91. The third-order valence-corrected chi connectivity index (χ3v) is 2.51. The van der Waals surface area contributed by atoms with Gasteiger partial charge in [0.05, 0.1) is 5.92 Å². The second-order valence-corrected chi connectivity index (χ2v) is 3.77. The number of carboxylic acid groups (broad SMARTS) is 1. The SMILES string of the molecule is CCCCC/C=C/[C@H]1C[C@H]1C(=O)O. The molecule has 0 amide bonds. The summed E-state index contributed by atoms with van der Waals surface area (Å²) < 4.78 is 0. The molecule has 0 spiro atoms. The van der Waals surface area contributed by atoms with Gasteiger partial charge in [0.1, 0.15) is 0 Å². The zero-order chi connectivity index (χ0) is 9.68. The van der Waals surface area contributed by atoms with Crippen LogP contribution in [0.4, 0.5) is 0 Å². The molecule has 74 valence electrons. The first-order valence-corrected chi connectivity index (χ1v) is 5.15. The van der Waals surface area contributed by atoms with Gasteiger partial charge in [-0.3, -0.25) is 4.79 Å². The summed E-state index contributed by atoms with van der Waals surface area (Å²) in [6.07, 6.45) is 9.93. The van der Waals surface area contributed by atoms with Crippen molar-refractivity contribution in [1.29, 1.82) is 0 Å². The van der Waals surface area contributed by atoms with Crippen molar-refractivity contribution in [2.75, 3.05) is 0 Å². The minimum atomic E-state index is -0.636. The van der Waals surface area contributed by atoms with Crippen LogP contribution in [0.1, 0.15) is 39.0 Å². The lowest BCUT2D eigenvalue weighted by Crippen LogP contribution is -1.97. The van der Waals surface area contributed by atoms with Gasteiger partial charge in [-0.05, 0) is 25.2 Å². The first-order chi connectivity index (χ1) is 6.25. The maximum absolute atomic E-state index is 10.5. The zero-order valence-corrected chi connectivity index (χ0v) is 8.20. The molecular weight excluding hydrogens is 164 g/mol. The van der Waals surface area contributed by atoms with Gasteiger partial charge in [0, 0.05) is 0 Å². The maximum Gasteiger partial charge on any atom is 0.307 e. The summed E-state index contributed by atoms with van der Waals surface area (Å²) in [5.41, 5.74) is 0. The molecular formula is C11H18O2. The van der Waals surface area contributed by atoms with Crippen molar-refractivity contribution in [1.82, 2.24) is 0 Å². The molecule has 0 aromatic carbocycles. The second-order valence-electron chi connectivity index (χ2n) is 3.77. The summed E-state index contributed by atoms with van der Waals surface area (Å²) >= 11 is 0. The number of rotatable bonds is 6. The fraction of sp³-hybridized carbons (Fsp3) is 0.727. The standard InChI is InChI=1S/C11H18O2/c1-2-3-4-5-6-7-9-8-10(9)11(12)13/h6-7,9-10H,2-5,8H2,1H3,(H,12,13)/b7-6+/t9-,10+/m0/s1. The molecule has 1 aliphatic carbocycles. The van der Waals surface area contributed by atoms with Crippen molar-refractivity contribution in [2.45, 2.75) is 39.0 Å². The van der Waals surface area contributed by atoms with Crippen molar-refractivity contribution in [2.24, 2.45) is 11.8 Å². The number of carbonyl (C=O) groups is 1. The Kier molecular flexibility index (Phi) is 4.00. The molecule has 13 heavy (non-hydrogen) atoms. The van der Waals surface area contributed by atoms with Gasteiger partial charge in [-0.25, -0.2) is 0 Å². The third-order valence-electron chi connectivity index (χ3n) is 2.51. The number of allylic oxidation sites excluding steroid dienone is 2. The van der Waals surface area contributed by atoms with Crippen LogP contribution < -0.4 is 0 Å². The number of unbranched alkanes of at least 4 members (excludes halogenated alkanes) is 3. The molecule has 1 fully saturated rings. The Hall–Kier alpha value is -0.790. The van der Waals surface area contributed by atoms with Crippen LogP contribution in [0.2, 0.25) is 0 Å².